The number of fused-ring (bicyclic) bond motifs is 8. The third kappa shape index (κ3) is 12.5. The molecule has 7 aromatic rings. The molecule has 370 valence electrons. The van der Waals surface area contributed by atoms with Gasteiger partial charge < -0.3 is 28.2 Å². The second-order valence-electron chi connectivity index (χ2n) is 15.3. The van der Waals surface area contributed by atoms with Crippen molar-refractivity contribution in [3.8, 4) is 44.5 Å². The molecule has 76 heavy (non-hydrogen) atoms. The Labute approximate surface area is 561 Å². The summed E-state index contributed by atoms with van der Waals surface area (Å²) in [6.45, 7) is 0. The van der Waals surface area contributed by atoms with Crippen molar-refractivity contribution in [3.05, 3.63) is 136 Å². The summed E-state index contributed by atoms with van der Waals surface area (Å²) in [6.07, 6.45) is 5.48. The number of nitrogens with zero attached hydrogens (tertiary/aromatic N) is 2. The van der Waals surface area contributed by atoms with Crippen molar-refractivity contribution in [2.24, 2.45) is 0 Å². The van der Waals surface area contributed by atoms with E-state index in [2.05, 4.69) is 9.97 Å². The molecule has 0 fully saturated rings. The molecule has 16 nitrogen and oxygen atoms in total. The molecule has 0 spiro atoms. The summed E-state index contributed by atoms with van der Waals surface area (Å²) < 4.78 is 151. The fourth-order valence-electron chi connectivity index (χ4n) is 8.08. The molecule has 0 aliphatic carbocycles. The van der Waals surface area contributed by atoms with Gasteiger partial charge in [0.1, 0.15) is 40.5 Å². The third-order valence-electron chi connectivity index (χ3n) is 11.1. The van der Waals surface area contributed by atoms with Crippen LogP contribution in [-0.4, -0.2) is 71.8 Å². The van der Waals surface area contributed by atoms with E-state index in [1.54, 1.807) is 0 Å². The zero-order chi connectivity index (χ0) is 52.3. The van der Waals surface area contributed by atoms with Gasteiger partial charge in [-0.1, -0.05) is 92.8 Å². The Morgan fingerprint density at radius 1 is 0.303 bits per heavy atom. The molecule has 0 radical (unpaired) electrons. The number of benzene rings is 4. The smallest absolute Gasteiger partial charge is 0.744 e. The number of halogens is 8. The molecule has 0 saturated carbocycles. The molecule has 5 heterocycles. The van der Waals surface area contributed by atoms with Gasteiger partial charge in [-0.3, -0.25) is 0 Å². The molecule has 2 aliphatic rings. The van der Waals surface area contributed by atoms with Crippen molar-refractivity contribution in [3.63, 3.8) is 0 Å². The standard InChI is InChI=1S/C44H22Cl8N4O12S4.4Na/c45-17-1-13-29(69(57,58)59)41(49)33(17)37-21-5-7-23(53-21)38(34-18(46)2-14-30(42(34)50)70(60,61)62)25-9-11-27(55-25)40(36-20(48)4-16-32(44(36)52)72(66,67)68)28-12-10-26(56-28)39(24-8-6-22(37)54-24)35-19(47)3-15-31(43(35)51)71(63,64)65;;;;/h1-16,53-54H,(H,57,58,59)(H,60,61,62)(H,63,64,65)(H,66,67,68);;;;/q;4*+1/p-4. The van der Waals surface area contributed by atoms with Gasteiger partial charge in [0.15, 0.2) is 0 Å². The predicted octanol–water partition coefficient (Wildman–Crippen LogP) is 0.183. The summed E-state index contributed by atoms with van der Waals surface area (Å²) in [5.41, 5.74) is -1.86. The number of H-pyrrole nitrogens is 2. The molecule has 0 unspecified atom stereocenters. The Morgan fingerprint density at radius 3 is 0.763 bits per heavy atom. The Bertz CT molecular complexity index is 4170. The van der Waals surface area contributed by atoms with Gasteiger partial charge in [-0.2, -0.15) is 0 Å². The second-order valence-corrected chi connectivity index (χ2v) is 23.8. The fourth-order valence-corrected chi connectivity index (χ4v) is 13.7. The monoisotopic (exact) mass is 1290 g/mol. The molecule has 3 aromatic heterocycles. The number of hydrogen-bond donors (Lipinski definition) is 2. The minimum Gasteiger partial charge on any atom is -0.744 e. The van der Waals surface area contributed by atoms with Crippen LogP contribution in [0.2, 0.25) is 40.2 Å². The second kappa shape index (κ2) is 24.7. The topological polar surface area (TPSA) is 286 Å². The van der Waals surface area contributed by atoms with Gasteiger partial charge >= 0.3 is 118 Å². The Morgan fingerprint density at radius 2 is 0.513 bits per heavy atom. The van der Waals surface area contributed by atoms with Crippen molar-refractivity contribution >= 4 is 180 Å². The number of rotatable bonds is 8. The number of nitrogens with one attached hydrogen (secondary N) is 2. The van der Waals surface area contributed by atoms with E-state index in [9.17, 15) is 51.9 Å². The molecular formula is C44H18Cl8N4Na4O12S4. The summed E-state index contributed by atoms with van der Waals surface area (Å²) in [5.74, 6) is 0. The summed E-state index contributed by atoms with van der Waals surface area (Å²) in [6, 6.07) is 13.6. The SMILES string of the molecule is O=S(=O)([O-])c1ccc(Cl)c(-c2c3nc(c(-c4c(Cl)ccc(S(=O)(=O)[O-])c4Cl)c4ccc([nH]4)c(-c4c(Cl)ccc(S(=O)(=O)[O-])c4Cl)c4ccc([nH]4)c(-c4c(Cl)ccc(S(=O)(=O)[O-])c4Cl)c4nc2C=C4)C=C3)c1Cl.[Na+].[Na+].[Na+].[Na+]. The van der Waals surface area contributed by atoms with Crippen molar-refractivity contribution in [1.82, 2.24) is 19.9 Å². The van der Waals surface area contributed by atoms with Crippen LogP contribution in [0.4, 0.5) is 0 Å². The Balaban J connectivity index is 0.00000267. The van der Waals surface area contributed by atoms with Crippen molar-refractivity contribution in [1.29, 1.82) is 0 Å². The Hall–Kier alpha value is -0.560. The van der Waals surface area contributed by atoms with Crippen LogP contribution < -0.4 is 118 Å². The zero-order valence-electron chi connectivity index (χ0n) is 38.7. The van der Waals surface area contributed by atoms with Gasteiger partial charge in [0, 0.05) is 66.6 Å². The molecule has 0 amide bonds. The van der Waals surface area contributed by atoms with Gasteiger partial charge in [-0.15, -0.1) is 0 Å². The minimum absolute atomic E-state index is 0. The quantitative estimate of drug-likeness (QED) is 0.152. The minimum atomic E-state index is -5.29. The van der Waals surface area contributed by atoms with Crippen LogP contribution in [0.5, 0.6) is 0 Å². The molecule has 32 heteroatoms. The van der Waals surface area contributed by atoms with E-state index in [-0.39, 0.29) is 228 Å². The van der Waals surface area contributed by atoms with Crippen LogP contribution in [0, 0.1) is 0 Å². The van der Waals surface area contributed by atoms with Crippen molar-refractivity contribution in [2.75, 3.05) is 0 Å². The first kappa shape index (κ1) is 66.2. The average Bonchev–Trinajstić information content (AvgIpc) is 4.11. The number of aromatic amines is 2. The maximum Gasteiger partial charge on any atom is 1.00 e. The summed E-state index contributed by atoms with van der Waals surface area (Å²) in [5, 5.41) is -3.46. The predicted molar refractivity (Wildman–Crippen MR) is 273 cm³/mol. The molecule has 4 aromatic carbocycles. The van der Waals surface area contributed by atoms with Gasteiger partial charge in [-0.05, 0) is 97.1 Å². The average molecular weight is 1300 g/mol. The van der Waals surface area contributed by atoms with Gasteiger partial charge in [0.05, 0.1) is 82.5 Å². The summed E-state index contributed by atoms with van der Waals surface area (Å²) in [4.78, 5) is 12.4. The molecule has 9 rings (SSSR count). The Kier molecular flexibility index (Phi) is 21.5. The van der Waals surface area contributed by atoms with Crippen LogP contribution >= 0.6 is 92.8 Å². The first-order chi connectivity index (χ1) is 33.6. The first-order valence-electron chi connectivity index (χ1n) is 19.5. The number of aromatic nitrogens is 4. The molecule has 0 atom stereocenters. The molecule has 2 N–H and O–H groups in total. The van der Waals surface area contributed by atoms with Crippen LogP contribution in [0.15, 0.2) is 92.4 Å². The van der Waals surface area contributed by atoms with Crippen LogP contribution in [-0.2, 0) is 40.5 Å². The van der Waals surface area contributed by atoms with Crippen LogP contribution in [0.25, 0.3) is 90.9 Å². The molecule has 0 saturated heterocycles. The van der Waals surface area contributed by atoms with E-state index in [4.69, 9.17) is 103 Å². The van der Waals surface area contributed by atoms with Gasteiger partial charge in [-0.25, -0.2) is 43.6 Å². The maximum absolute atomic E-state index is 12.6. The van der Waals surface area contributed by atoms with E-state index in [1.165, 1.54) is 48.6 Å². The van der Waals surface area contributed by atoms with Crippen molar-refractivity contribution < 1.29 is 170 Å². The van der Waals surface area contributed by atoms with E-state index in [0.29, 0.717) is 0 Å². The van der Waals surface area contributed by atoms with Gasteiger partial charge in [0.25, 0.3) is 0 Å². The summed E-state index contributed by atoms with van der Waals surface area (Å²) >= 11 is 54.3. The first-order valence-corrected chi connectivity index (χ1v) is 28.2. The fraction of sp³-hybridized carbons (Fsp3) is 0. The largest absolute Gasteiger partial charge is 1.00 e. The number of hydrogen-bond acceptors (Lipinski definition) is 14. The van der Waals surface area contributed by atoms with Crippen LogP contribution in [0.1, 0.15) is 22.8 Å². The maximum atomic E-state index is 12.6. The zero-order valence-corrected chi connectivity index (χ0v) is 56.0. The van der Waals surface area contributed by atoms with Gasteiger partial charge in [0.2, 0.25) is 0 Å². The van der Waals surface area contributed by atoms with E-state index in [0.717, 1.165) is 48.5 Å². The molecular weight excluding hydrogens is 1280 g/mol. The normalized spacial score (nSPS) is 12.4. The third-order valence-corrected chi connectivity index (χ3v) is 17.8. The molecule has 2 aliphatic heterocycles. The van der Waals surface area contributed by atoms with Crippen LogP contribution in [0.3, 0.4) is 0 Å². The van der Waals surface area contributed by atoms with E-state index >= 15 is 0 Å². The van der Waals surface area contributed by atoms with E-state index < -0.39 is 80.1 Å². The molecule has 8 bridgehead atoms. The van der Waals surface area contributed by atoms with E-state index in [1.807, 2.05) is 0 Å². The van der Waals surface area contributed by atoms with Crippen molar-refractivity contribution in [2.45, 2.75) is 19.6 Å². The summed E-state index contributed by atoms with van der Waals surface area (Å²) in [7, 11) is -21.1.